The third-order valence-electron chi connectivity index (χ3n) is 4.51. The maximum atomic E-state index is 12.9. The number of carbonyl (C=O) groups is 1. The lowest BCUT2D eigenvalue weighted by molar-refractivity contribution is -0.384. The number of fused-ring (bicyclic) bond motifs is 1. The number of benzene rings is 3. The molecule has 0 saturated heterocycles. The molecule has 0 aliphatic heterocycles. The first-order valence-corrected chi connectivity index (χ1v) is 9.77. The quantitative estimate of drug-likeness (QED) is 0.240. The zero-order valence-corrected chi connectivity index (χ0v) is 17.1. The lowest BCUT2D eigenvalue weighted by atomic mass is 10.0. The fourth-order valence-electron chi connectivity index (χ4n) is 3.18. The highest BCUT2D eigenvalue weighted by atomic mass is 79.9. The second-order valence-electron chi connectivity index (χ2n) is 6.48. The Balaban J connectivity index is 1.74. The molecule has 0 aliphatic carbocycles. The van der Waals surface area contributed by atoms with Gasteiger partial charge in [-0.05, 0) is 29.3 Å². The maximum Gasteiger partial charge on any atom is 0.288 e. The van der Waals surface area contributed by atoms with Crippen LogP contribution >= 0.6 is 15.9 Å². The number of halogens is 1. The molecule has 0 spiro atoms. The minimum absolute atomic E-state index is 0.0432. The van der Waals surface area contributed by atoms with Crippen LogP contribution in [0, 0.1) is 10.1 Å². The lowest BCUT2D eigenvalue weighted by Gasteiger charge is -2.04. The first kappa shape index (κ1) is 19.5. The average molecular weight is 463 g/mol. The monoisotopic (exact) mass is 462 g/mol. The number of nitro benzene ring substituents is 1. The number of aromatic amines is 1. The van der Waals surface area contributed by atoms with E-state index >= 15 is 0 Å². The maximum absolute atomic E-state index is 12.9. The zero-order chi connectivity index (χ0) is 21.1. The van der Waals surface area contributed by atoms with E-state index in [1.165, 1.54) is 12.1 Å². The molecule has 1 heterocycles. The summed E-state index contributed by atoms with van der Waals surface area (Å²) in [5.74, 6) is -0.445. The second kappa shape index (κ2) is 8.30. The summed E-state index contributed by atoms with van der Waals surface area (Å²) in [6, 6.07) is 21.2. The zero-order valence-electron chi connectivity index (χ0n) is 15.5. The molecule has 0 saturated carbocycles. The van der Waals surface area contributed by atoms with Crippen molar-refractivity contribution in [2.45, 2.75) is 0 Å². The molecule has 0 radical (unpaired) electrons. The first-order chi connectivity index (χ1) is 14.5. The van der Waals surface area contributed by atoms with Gasteiger partial charge in [-0.3, -0.25) is 14.9 Å². The van der Waals surface area contributed by atoms with Crippen molar-refractivity contribution in [3.63, 3.8) is 0 Å². The van der Waals surface area contributed by atoms with E-state index in [9.17, 15) is 14.9 Å². The van der Waals surface area contributed by atoms with Gasteiger partial charge in [-0.25, -0.2) is 5.43 Å². The Morgan fingerprint density at radius 2 is 1.87 bits per heavy atom. The predicted molar refractivity (Wildman–Crippen MR) is 120 cm³/mol. The van der Waals surface area contributed by atoms with Gasteiger partial charge in [0.15, 0.2) is 0 Å². The molecule has 7 nitrogen and oxygen atoms in total. The molecule has 4 rings (SSSR count). The van der Waals surface area contributed by atoms with Crippen LogP contribution in [0.4, 0.5) is 5.69 Å². The van der Waals surface area contributed by atoms with E-state index in [0.29, 0.717) is 16.5 Å². The Morgan fingerprint density at radius 3 is 2.60 bits per heavy atom. The van der Waals surface area contributed by atoms with E-state index < -0.39 is 10.8 Å². The van der Waals surface area contributed by atoms with Gasteiger partial charge in [-0.2, -0.15) is 5.10 Å². The number of nitrogens with one attached hydrogen (secondary N) is 2. The predicted octanol–water partition coefficient (Wildman–Crippen LogP) is 5.27. The number of aromatic nitrogens is 1. The normalized spacial score (nSPS) is 11.1. The van der Waals surface area contributed by atoms with Crippen molar-refractivity contribution in [2.24, 2.45) is 5.10 Å². The molecular weight excluding hydrogens is 448 g/mol. The van der Waals surface area contributed by atoms with Crippen molar-refractivity contribution in [1.29, 1.82) is 0 Å². The third-order valence-corrected chi connectivity index (χ3v) is 5.00. The summed E-state index contributed by atoms with van der Waals surface area (Å²) >= 11 is 3.39. The van der Waals surface area contributed by atoms with Crippen molar-refractivity contribution in [3.8, 4) is 11.1 Å². The van der Waals surface area contributed by atoms with Crippen molar-refractivity contribution in [3.05, 3.63) is 98.6 Å². The summed E-state index contributed by atoms with van der Waals surface area (Å²) in [6.45, 7) is 0. The van der Waals surface area contributed by atoms with Crippen LogP contribution < -0.4 is 5.43 Å². The van der Waals surface area contributed by atoms with Crippen LogP contribution in [0.25, 0.3) is 22.0 Å². The lowest BCUT2D eigenvalue weighted by Crippen LogP contribution is -2.18. The van der Waals surface area contributed by atoms with Crippen LogP contribution in [0.15, 0.2) is 82.4 Å². The average Bonchev–Trinajstić information content (AvgIpc) is 3.13. The first-order valence-electron chi connectivity index (χ1n) is 8.97. The number of H-pyrrole nitrogens is 1. The van der Waals surface area contributed by atoms with Crippen LogP contribution in [0.5, 0.6) is 0 Å². The standard InChI is InChI=1S/C22H15BrN4O3/c23-16-8-4-5-14(11-16)13-24-26-22(28)21-20(15-6-2-1-3-7-15)18-12-17(27(29)30)9-10-19(18)25-21/h1-13,25H,(H,26,28). The van der Waals surface area contributed by atoms with Crippen molar-refractivity contribution in [1.82, 2.24) is 10.4 Å². The number of amides is 1. The Kier molecular flexibility index (Phi) is 5.40. The summed E-state index contributed by atoms with van der Waals surface area (Å²) < 4.78 is 0.904. The molecule has 0 aliphatic rings. The van der Waals surface area contributed by atoms with Gasteiger partial charge in [0.05, 0.1) is 11.1 Å². The molecule has 30 heavy (non-hydrogen) atoms. The second-order valence-corrected chi connectivity index (χ2v) is 7.40. The number of nitrogens with zero attached hydrogens (tertiary/aromatic N) is 2. The Morgan fingerprint density at radius 1 is 1.07 bits per heavy atom. The summed E-state index contributed by atoms with van der Waals surface area (Å²) in [4.78, 5) is 26.7. The summed E-state index contributed by atoms with van der Waals surface area (Å²) in [7, 11) is 0. The Bertz CT molecular complexity index is 1280. The van der Waals surface area contributed by atoms with E-state index in [0.717, 1.165) is 15.6 Å². The van der Waals surface area contributed by atoms with Crippen LogP contribution in [0.2, 0.25) is 0 Å². The number of non-ortho nitro benzene ring substituents is 1. The van der Waals surface area contributed by atoms with E-state index in [4.69, 9.17) is 0 Å². The molecule has 3 aromatic carbocycles. The van der Waals surface area contributed by atoms with Crippen LogP contribution in [-0.4, -0.2) is 22.0 Å². The van der Waals surface area contributed by atoms with Gasteiger partial charge in [0, 0.05) is 33.1 Å². The Hall–Kier alpha value is -3.78. The van der Waals surface area contributed by atoms with Crippen molar-refractivity contribution < 1.29 is 9.72 Å². The molecule has 0 unspecified atom stereocenters. The van der Waals surface area contributed by atoms with Gasteiger partial charge in [0.25, 0.3) is 11.6 Å². The molecule has 1 aromatic heterocycles. The number of hydrogen-bond donors (Lipinski definition) is 2. The summed E-state index contributed by atoms with van der Waals surface area (Å²) in [5.41, 5.74) is 5.56. The fourth-order valence-corrected chi connectivity index (χ4v) is 3.59. The van der Waals surface area contributed by atoms with Crippen molar-refractivity contribution >= 4 is 44.6 Å². The highest BCUT2D eigenvalue weighted by molar-refractivity contribution is 9.10. The van der Waals surface area contributed by atoms with Gasteiger partial charge in [0.2, 0.25) is 0 Å². The molecule has 2 N–H and O–H groups in total. The van der Waals surface area contributed by atoms with E-state index in [-0.39, 0.29) is 11.4 Å². The largest absolute Gasteiger partial charge is 0.350 e. The number of hydrazone groups is 1. The number of hydrogen-bond acceptors (Lipinski definition) is 4. The van der Waals surface area contributed by atoms with Gasteiger partial charge in [-0.1, -0.05) is 58.4 Å². The van der Waals surface area contributed by atoms with E-state index in [2.05, 4.69) is 31.4 Å². The van der Waals surface area contributed by atoms with Gasteiger partial charge >= 0.3 is 0 Å². The fraction of sp³-hybridized carbons (Fsp3) is 0. The molecule has 0 bridgehead atoms. The SMILES string of the molecule is O=C(NN=Cc1cccc(Br)c1)c1[nH]c2ccc([N+](=O)[O-])cc2c1-c1ccccc1. The highest BCUT2D eigenvalue weighted by Crippen LogP contribution is 2.34. The summed E-state index contributed by atoms with van der Waals surface area (Å²) in [5, 5.41) is 15.9. The summed E-state index contributed by atoms with van der Waals surface area (Å²) in [6.07, 6.45) is 1.54. The van der Waals surface area contributed by atoms with Crippen LogP contribution in [0.1, 0.15) is 16.1 Å². The molecule has 1 amide bonds. The smallest absolute Gasteiger partial charge is 0.288 e. The van der Waals surface area contributed by atoms with Gasteiger partial charge in [0.1, 0.15) is 5.69 Å². The molecule has 148 valence electrons. The molecule has 0 atom stereocenters. The van der Waals surface area contributed by atoms with Crippen LogP contribution in [0.3, 0.4) is 0 Å². The molecule has 0 fully saturated rings. The third kappa shape index (κ3) is 3.99. The number of rotatable bonds is 5. The highest BCUT2D eigenvalue weighted by Gasteiger charge is 2.21. The van der Waals surface area contributed by atoms with Gasteiger partial charge in [-0.15, -0.1) is 0 Å². The molecular formula is C22H15BrN4O3. The van der Waals surface area contributed by atoms with E-state index in [1.807, 2.05) is 54.6 Å². The molecule has 8 heteroatoms. The van der Waals surface area contributed by atoms with Crippen LogP contribution in [-0.2, 0) is 0 Å². The number of carbonyl (C=O) groups excluding carboxylic acids is 1. The number of nitro groups is 1. The minimum atomic E-state index is -0.455. The topological polar surface area (TPSA) is 100 Å². The minimum Gasteiger partial charge on any atom is -0.350 e. The Labute approximate surface area is 179 Å². The van der Waals surface area contributed by atoms with Gasteiger partial charge < -0.3 is 4.98 Å². The molecule has 4 aromatic rings. The van der Waals surface area contributed by atoms with E-state index in [1.54, 1.807) is 12.3 Å². The van der Waals surface area contributed by atoms with Crippen molar-refractivity contribution in [2.75, 3.05) is 0 Å².